The molecule has 0 fully saturated rings. The van der Waals surface area contributed by atoms with E-state index in [-0.39, 0.29) is 18.2 Å². The molecule has 16 heavy (non-hydrogen) atoms. The highest BCUT2D eigenvalue weighted by Crippen LogP contribution is 2.17. The summed E-state index contributed by atoms with van der Waals surface area (Å²) in [6.07, 6.45) is -2.07. The lowest BCUT2D eigenvalue weighted by atomic mass is 10.3. The van der Waals surface area contributed by atoms with Gasteiger partial charge in [-0.1, -0.05) is 6.07 Å². The number of amides is 2. The summed E-state index contributed by atoms with van der Waals surface area (Å²) in [4.78, 5) is 21.1. The molecule has 0 spiro atoms. The minimum atomic E-state index is -1.25. The third kappa shape index (κ3) is 4.18. The predicted molar refractivity (Wildman–Crippen MR) is 53.3 cm³/mol. The first-order valence-electron chi connectivity index (χ1n) is 4.29. The zero-order valence-electron chi connectivity index (χ0n) is 8.14. The summed E-state index contributed by atoms with van der Waals surface area (Å²) < 4.78 is 4.73. The fourth-order valence-electron chi connectivity index (χ4n) is 0.882. The lowest BCUT2D eigenvalue weighted by Crippen LogP contribution is -2.37. The van der Waals surface area contributed by atoms with E-state index in [4.69, 9.17) is 14.9 Å². The van der Waals surface area contributed by atoms with Crippen molar-refractivity contribution >= 4 is 12.2 Å². The van der Waals surface area contributed by atoms with E-state index in [0.717, 1.165) is 0 Å². The number of phenolic OH excluding ortho intramolecular Hbond substituents is 1. The van der Waals surface area contributed by atoms with Crippen molar-refractivity contribution in [1.29, 1.82) is 0 Å². The van der Waals surface area contributed by atoms with Crippen molar-refractivity contribution < 1.29 is 24.5 Å². The van der Waals surface area contributed by atoms with Crippen LogP contribution in [0.2, 0.25) is 0 Å². The van der Waals surface area contributed by atoms with Crippen LogP contribution in [0.15, 0.2) is 24.3 Å². The third-order valence-electron chi connectivity index (χ3n) is 1.50. The van der Waals surface area contributed by atoms with Gasteiger partial charge < -0.3 is 25.6 Å². The molecule has 7 nitrogen and oxygen atoms in total. The van der Waals surface area contributed by atoms with Crippen molar-refractivity contribution in [2.24, 2.45) is 0 Å². The number of carbonyl (C=O) groups excluding carboxylic acids is 1. The topological polar surface area (TPSA) is 108 Å². The molecule has 0 saturated heterocycles. The van der Waals surface area contributed by atoms with Gasteiger partial charge in [-0.2, -0.15) is 0 Å². The zero-order chi connectivity index (χ0) is 12.0. The second kappa shape index (κ2) is 5.44. The molecule has 2 amide bonds. The van der Waals surface area contributed by atoms with Crippen LogP contribution >= 0.6 is 0 Å². The van der Waals surface area contributed by atoms with Gasteiger partial charge in [-0.15, -0.1) is 0 Å². The van der Waals surface area contributed by atoms with Crippen LogP contribution in [0.5, 0.6) is 11.5 Å². The quantitative estimate of drug-likeness (QED) is 0.567. The third-order valence-corrected chi connectivity index (χ3v) is 1.50. The number of hydrogen-bond donors (Lipinski definition) is 4. The van der Waals surface area contributed by atoms with Crippen LogP contribution in [0.4, 0.5) is 9.59 Å². The van der Waals surface area contributed by atoms with Crippen molar-refractivity contribution in [3.8, 4) is 11.5 Å². The normalized spacial score (nSPS) is 9.25. The lowest BCUT2D eigenvalue weighted by Gasteiger charge is -2.06. The zero-order valence-corrected chi connectivity index (χ0v) is 8.14. The predicted octanol–water partition coefficient (Wildman–Crippen LogP) is 0.706. The summed E-state index contributed by atoms with van der Waals surface area (Å²) in [7, 11) is 0. The average molecular weight is 226 g/mol. The Balaban J connectivity index is 2.37. The highest BCUT2D eigenvalue weighted by molar-refractivity contribution is 5.71. The molecule has 0 aliphatic carbocycles. The second-order valence-corrected chi connectivity index (χ2v) is 2.72. The van der Waals surface area contributed by atoms with Crippen LogP contribution in [-0.2, 0) is 0 Å². The number of hydrogen-bond acceptors (Lipinski definition) is 4. The smallest absolute Gasteiger partial charge is 0.413 e. The van der Waals surface area contributed by atoms with Gasteiger partial charge in [-0.25, -0.2) is 9.59 Å². The van der Waals surface area contributed by atoms with Gasteiger partial charge in [0.2, 0.25) is 0 Å². The molecule has 0 atom stereocenters. The largest absolute Gasteiger partial charge is 0.508 e. The van der Waals surface area contributed by atoms with Gasteiger partial charge in [0, 0.05) is 6.07 Å². The molecular weight excluding hydrogens is 216 g/mol. The van der Waals surface area contributed by atoms with Gasteiger partial charge in [0.05, 0.1) is 6.67 Å². The highest BCUT2D eigenvalue weighted by atomic mass is 16.6. The molecule has 86 valence electrons. The Morgan fingerprint density at radius 2 is 2.06 bits per heavy atom. The summed E-state index contributed by atoms with van der Waals surface area (Å²) in [5.41, 5.74) is 0. The Morgan fingerprint density at radius 1 is 1.31 bits per heavy atom. The van der Waals surface area contributed by atoms with E-state index >= 15 is 0 Å². The maximum absolute atomic E-state index is 11.1. The maximum atomic E-state index is 11.1. The van der Waals surface area contributed by atoms with Crippen molar-refractivity contribution in [2.45, 2.75) is 0 Å². The fourth-order valence-corrected chi connectivity index (χ4v) is 0.882. The van der Waals surface area contributed by atoms with Crippen molar-refractivity contribution in [2.75, 3.05) is 6.67 Å². The Bertz CT molecular complexity index is 393. The number of phenols is 1. The molecule has 1 aromatic carbocycles. The lowest BCUT2D eigenvalue weighted by molar-refractivity contribution is 0.189. The maximum Gasteiger partial charge on any atom is 0.413 e. The molecule has 1 rings (SSSR count). The van der Waals surface area contributed by atoms with E-state index < -0.39 is 12.2 Å². The van der Waals surface area contributed by atoms with Gasteiger partial charge in [0.15, 0.2) is 0 Å². The van der Waals surface area contributed by atoms with Crippen LogP contribution in [0.25, 0.3) is 0 Å². The van der Waals surface area contributed by atoms with Crippen molar-refractivity contribution in [3.05, 3.63) is 24.3 Å². The molecule has 0 aliphatic heterocycles. The average Bonchev–Trinajstić information content (AvgIpc) is 2.16. The van der Waals surface area contributed by atoms with Gasteiger partial charge in [0.25, 0.3) is 0 Å². The van der Waals surface area contributed by atoms with E-state index in [9.17, 15) is 9.59 Å². The van der Waals surface area contributed by atoms with E-state index in [1.807, 2.05) is 5.32 Å². The fraction of sp³-hybridized carbons (Fsp3) is 0.111. The Morgan fingerprint density at radius 3 is 2.69 bits per heavy atom. The number of carboxylic acid groups (broad SMARTS) is 1. The first-order chi connectivity index (χ1) is 7.58. The number of nitrogens with one attached hydrogen (secondary N) is 2. The summed E-state index contributed by atoms with van der Waals surface area (Å²) in [6.45, 7) is -0.257. The van der Waals surface area contributed by atoms with E-state index in [2.05, 4.69) is 5.32 Å². The van der Waals surface area contributed by atoms with Crippen LogP contribution in [-0.4, -0.2) is 29.1 Å². The summed E-state index contributed by atoms with van der Waals surface area (Å²) in [5.74, 6) is 0.127. The Labute approximate surface area is 90.7 Å². The molecule has 0 bridgehead atoms. The first kappa shape index (κ1) is 11.6. The number of ether oxygens (including phenoxy) is 1. The number of aromatic hydroxyl groups is 1. The Kier molecular flexibility index (Phi) is 3.96. The number of carbonyl (C=O) groups is 2. The van der Waals surface area contributed by atoms with E-state index in [1.54, 1.807) is 0 Å². The Hall–Kier alpha value is -2.44. The van der Waals surface area contributed by atoms with Gasteiger partial charge in [0.1, 0.15) is 11.5 Å². The molecule has 0 heterocycles. The first-order valence-corrected chi connectivity index (χ1v) is 4.29. The second-order valence-electron chi connectivity index (χ2n) is 2.72. The molecule has 1 aromatic rings. The number of rotatable bonds is 3. The highest BCUT2D eigenvalue weighted by Gasteiger charge is 2.04. The molecule has 0 aliphatic rings. The minimum Gasteiger partial charge on any atom is -0.508 e. The van der Waals surface area contributed by atoms with Gasteiger partial charge in [-0.3, -0.25) is 0 Å². The van der Waals surface area contributed by atoms with Crippen molar-refractivity contribution in [3.63, 3.8) is 0 Å². The molecule has 0 radical (unpaired) electrons. The van der Waals surface area contributed by atoms with Crippen LogP contribution in [0.1, 0.15) is 0 Å². The van der Waals surface area contributed by atoms with Crippen molar-refractivity contribution in [1.82, 2.24) is 10.6 Å². The van der Waals surface area contributed by atoms with E-state index in [0.29, 0.717) is 0 Å². The van der Waals surface area contributed by atoms with Crippen LogP contribution < -0.4 is 15.4 Å². The summed E-state index contributed by atoms with van der Waals surface area (Å²) in [6, 6.07) is 5.67. The SMILES string of the molecule is O=C(O)NCNC(=O)Oc1cccc(O)c1. The molecule has 0 aromatic heterocycles. The summed E-state index contributed by atoms with van der Waals surface area (Å²) in [5, 5.41) is 21.4. The molecule has 7 heteroatoms. The van der Waals surface area contributed by atoms with Gasteiger partial charge >= 0.3 is 12.2 Å². The van der Waals surface area contributed by atoms with Gasteiger partial charge in [-0.05, 0) is 12.1 Å². The molecule has 0 saturated carbocycles. The number of benzene rings is 1. The standard InChI is InChI=1S/C9H10N2O5/c12-6-2-1-3-7(4-6)16-9(15)11-5-10-8(13)14/h1-4,10,12H,5H2,(H,11,15)(H,13,14). The summed E-state index contributed by atoms with van der Waals surface area (Å²) >= 11 is 0. The molecule has 0 unspecified atom stereocenters. The minimum absolute atomic E-state index is 0.0334. The van der Waals surface area contributed by atoms with Crippen LogP contribution in [0.3, 0.4) is 0 Å². The van der Waals surface area contributed by atoms with Crippen LogP contribution in [0, 0.1) is 0 Å². The molecule has 4 N–H and O–H groups in total. The van der Waals surface area contributed by atoms with E-state index in [1.165, 1.54) is 24.3 Å². The monoisotopic (exact) mass is 226 g/mol. The molecular formula is C9H10N2O5.